The van der Waals surface area contributed by atoms with Gasteiger partial charge in [-0.1, -0.05) is 18.2 Å². The SMILES string of the molecule is CN(C)CCc1c[nH]c2ccc(CCC(=O)NCc3cccc(NS(C)(=O)=O)c3)cc12.O=C(O)C(=O)O. The highest BCUT2D eigenvalue weighted by Crippen LogP contribution is 2.21. The minimum absolute atomic E-state index is 0.0385. The Labute approximate surface area is 215 Å². The Morgan fingerprint density at radius 3 is 2.30 bits per heavy atom. The smallest absolute Gasteiger partial charge is 0.414 e. The van der Waals surface area contributed by atoms with Crippen LogP contribution in [-0.4, -0.2) is 73.3 Å². The Bertz CT molecular complexity index is 1340. The highest BCUT2D eigenvalue weighted by molar-refractivity contribution is 7.92. The van der Waals surface area contributed by atoms with E-state index in [2.05, 4.69) is 58.4 Å². The van der Waals surface area contributed by atoms with E-state index in [9.17, 15) is 13.2 Å². The molecular weight excluding hydrogens is 500 g/mol. The minimum Gasteiger partial charge on any atom is -0.473 e. The summed E-state index contributed by atoms with van der Waals surface area (Å²) in [5.74, 6) is -3.69. The molecule has 37 heavy (non-hydrogen) atoms. The lowest BCUT2D eigenvalue weighted by Gasteiger charge is -2.09. The van der Waals surface area contributed by atoms with Gasteiger partial charge in [-0.05, 0) is 67.9 Å². The molecule has 0 aliphatic carbocycles. The molecule has 12 heteroatoms. The van der Waals surface area contributed by atoms with Gasteiger partial charge in [-0.3, -0.25) is 9.52 Å². The Morgan fingerprint density at radius 2 is 1.68 bits per heavy atom. The molecule has 0 saturated carbocycles. The number of fused-ring (bicyclic) bond motifs is 1. The van der Waals surface area contributed by atoms with E-state index in [4.69, 9.17) is 19.8 Å². The van der Waals surface area contributed by atoms with Gasteiger partial charge in [0.1, 0.15) is 0 Å². The maximum atomic E-state index is 12.3. The number of sulfonamides is 1. The molecule has 1 heterocycles. The molecule has 3 aromatic rings. The third-order valence-electron chi connectivity index (χ3n) is 5.20. The second-order valence-electron chi connectivity index (χ2n) is 8.71. The summed E-state index contributed by atoms with van der Waals surface area (Å²) < 4.78 is 25.2. The lowest BCUT2D eigenvalue weighted by molar-refractivity contribution is -0.159. The molecule has 0 unspecified atom stereocenters. The number of carbonyl (C=O) groups is 3. The fraction of sp³-hybridized carbons (Fsp3) is 0.320. The summed E-state index contributed by atoms with van der Waals surface area (Å²) in [6.07, 6.45) is 5.21. The number of likely N-dealkylation sites (N-methyl/N-ethyl adjacent to an activating group) is 1. The minimum atomic E-state index is -3.33. The van der Waals surface area contributed by atoms with Crippen LogP contribution in [0, 0.1) is 0 Å². The van der Waals surface area contributed by atoms with Crippen LogP contribution in [0.5, 0.6) is 0 Å². The number of hydrogen-bond acceptors (Lipinski definition) is 6. The first kappa shape index (κ1) is 29.3. The van der Waals surface area contributed by atoms with Crippen molar-refractivity contribution in [3.05, 3.63) is 65.4 Å². The normalized spacial score (nSPS) is 11.0. The molecular formula is C25H32N4O7S. The van der Waals surface area contributed by atoms with Gasteiger partial charge < -0.3 is 25.4 Å². The van der Waals surface area contributed by atoms with Crippen LogP contribution in [0.25, 0.3) is 10.9 Å². The summed E-state index contributed by atoms with van der Waals surface area (Å²) in [6.45, 7) is 1.34. The number of carboxylic acid groups (broad SMARTS) is 2. The fourth-order valence-corrected chi connectivity index (χ4v) is 3.99. The maximum absolute atomic E-state index is 12.3. The number of hydrogen-bond donors (Lipinski definition) is 5. The van der Waals surface area contributed by atoms with Crippen molar-refractivity contribution >= 4 is 44.5 Å². The van der Waals surface area contributed by atoms with Crippen molar-refractivity contribution in [1.29, 1.82) is 0 Å². The first-order valence-electron chi connectivity index (χ1n) is 11.4. The van der Waals surface area contributed by atoms with Gasteiger partial charge in [-0.25, -0.2) is 18.0 Å². The summed E-state index contributed by atoms with van der Waals surface area (Å²) in [6, 6.07) is 13.3. The molecule has 1 aromatic heterocycles. The van der Waals surface area contributed by atoms with E-state index in [1.54, 1.807) is 18.2 Å². The number of carbonyl (C=O) groups excluding carboxylic acids is 1. The van der Waals surface area contributed by atoms with Crippen LogP contribution in [0.1, 0.15) is 23.1 Å². The maximum Gasteiger partial charge on any atom is 0.414 e. The first-order valence-corrected chi connectivity index (χ1v) is 13.3. The van der Waals surface area contributed by atoms with Crippen molar-refractivity contribution in [3.63, 3.8) is 0 Å². The van der Waals surface area contributed by atoms with E-state index in [0.29, 0.717) is 25.1 Å². The Kier molecular flexibility index (Phi) is 10.6. The Balaban J connectivity index is 0.000000717. The van der Waals surface area contributed by atoms with Gasteiger partial charge in [0.2, 0.25) is 15.9 Å². The van der Waals surface area contributed by atoms with Crippen LogP contribution < -0.4 is 10.0 Å². The zero-order chi connectivity index (χ0) is 27.6. The van der Waals surface area contributed by atoms with Crippen molar-refractivity contribution in [2.45, 2.75) is 25.8 Å². The zero-order valence-electron chi connectivity index (χ0n) is 20.9. The summed E-state index contributed by atoms with van der Waals surface area (Å²) >= 11 is 0. The van der Waals surface area contributed by atoms with E-state index in [1.807, 2.05) is 6.07 Å². The molecule has 2 aromatic carbocycles. The molecule has 0 aliphatic heterocycles. The van der Waals surface area contributed by atoms with E-state index in [-0.39, 0.29) is 5.91 Å². The zero-order valence-corrected chi connectivity index (χ0v) is 21.8. The second kappa shape index (κ2) is 13.4. The number of aliphatic carboxylic acids is 2. The summed E-state index contributed by atoms with van der Waals surface area (Å²) in [5.41, 5.74) is 4.86. The van der Waals surface area contributed by atoms with Crippen LogP contribution in [0.2, 0.25) is 0 Å². The van der Waals surface area contributed by atoms with E-state index >= 15 is 0 Å². The number of rotatable bonds is 10. The average molecular weight is 533 g/mol. The van der Waals surface area contributed by atoms with Gasteiger partial charge in [0.15, 0.2) is 0 Å². The number of aromatic nitrogens is 1. The predicted octanol–water partition coefficient (Wildman–Crippen LogP) is 2.05. The summed E-state index contributed by atoms with van der Waals surface area (Å²) in [7, 11) is 0.805. The molecule has 200 valence electrons. The van der Waals surface area contributed by atoms with Crippen molar-refractivity contribution in [1.82, 2.24) is 15.2 Å². The van der Waals surface area contributed by atoms with Crippen LogP contribution in [0.3, 0.4) is 0 Å². The van der Waals surface area contributed by atoms with Crippen LogP contribution in [-0.2, 0) is 43.8 Å². The lowest BCUT2D eigenvalue weighted by Crippen LogP contribution is -2.23. The number of aromatic amines is 1. The van der Waals surface area contributed by atoms with Crippen LogP contribution in [0.15, 0.2) is 48.7 Å². The molecule has 0 saturated heterocycles. The number of anilines is 1. The lowest BCUT2D eigenvalue weighted by atomic mass is 10.0. The average Bonchev–Trinajstić information content (AvgIpc) is 3.22. The molecule has 0 spiro atoms. The molecule has 3 rings (SSSR count). The van der Waals surface area contributed by atoms with Gasteiger partial charge in [0.05, 0.1) is 6.26 Å². The quantitative estimate of drug-likeness (QED) is 0.247. The van der Waals surface area contributed by atoms with Crippen molar-refractivity contribution < 1.29 is 33.0 Å². The largest absolute Gasteiger partial charge is 0.473 e. The highest BCUT2D eigenvalue weighted by Gasteiger charge is 2.08. The highest BCUT2D eigenvalue weighted by atomic mass is 32.2. The Hall–Kier alpha value is -3.90. The molecule has 0 fully saturated rings. The fourth-order valence-electron chi connectivity index (χ4n) is 3.44. The topological polar surface area (TPSA) is 169 Å². The molecule has 11 nitrogen and oxygen atoms in total. The van der Waals surface area contributed by atoms with Gasteiger partial charge in [0.25, 0.3) is 0 Å². The van der Waals surface area contributed by atoms with E-state index in [0.717, 1.165) is 35.9 Å². The van der Waals surface area contributed by atoms with Crippen molar-refractivity contribution in [3.8, 4) is 0 Å². The second-order valence-corrected chi connectivity index (χ2v) is 10.5. The monoisotopic (exact) mass is 532 g/mol. The number of benzene rings is 2. The first-order chi connectivity index (χ1) is 17.3. The van der Waals surface area contributed by atoms with Crippen LogP contribution in [0.4, 0.5) is 5.69 Å². The molecule has 0 bridgehead atoms. The third kappa shape index (κ3) is 10.7. The third-order valence-corrected chi connectivity index (χ3v) is 5.81. The van der Waals surface area contributed by atoms with Gasteiger partial charge in [0, 0.05) is 42.3 Å². The van der Waals surface area contributed by atoms with Gasteiger partial charge >= 0.3 is 11.9 Å². The Morgan fingerprint density at radius 1 is 0.973 bits per heavy atom. The standard InChI is InChI=1S/C23H30N4O3S.C2H2O4/c1-27(2)12-11-19-16-24-22-9-7-17(14-21(19)22)8-10-23(28)25-15-18-5-4-6-20(13-18)26-31(3,29)30;3-1(4)2(5)6/h4-7,9,13-14,16,24,26H,8,10-12,15H2,1-3H3,(H,25,28);(H,3,4)(H,5,6). The van der Waals surface area contributed by atoms with E-state index < -0.39 is 22.0 Å². The predicted molar refractivity (Wildman–Crippen MR) is 141 cm³/mol. The van der Waals surface area contributed by atoms with Crippen molar-refractivity contribution in [2.75, 3.05) is 31.6 Å². The molecule has 0 radical (unpaired) electrons. The number of nitrogens with one attached hydrogen (secondary N) is 3. The summed E-state index contributed by atoms with van der Waals surface area (Å²) in [5, 5.41) is 18.9. The molecule has 0 aliphatic rings. The number of carboxylic acids is 2. The number of nitrogens with zero attached hydrogens (tertiary/aromatic N) is 1. The molecule has 5 N–H and O–H groups in total. The number of H-pyrrole nitrogens is 1. The molecule has 0 atom stereocenters. The number of aryl methyl sites for hydroxylation is 1. The van der Waals surface area contributed by atoms with Crippen LogP contribution >= 0.6 is 0 Å². The molecule has 1 amide bonds. The summed E-state index contributed by atoms with van der Waals surface area (Å²) in [4.78, 5) is 36.0. The number of amides is 1. The van der Waals surface area contributed by atoms with E-state index in [1.165, 1.54) is 10.9 Å². The van der Waals surface area contributed by atoms with Gasteiger partial charge in [-0.2, -0.15) is 0 Å². The van der Waals surface area contributed by atoms with Gasteiger partial charge in [-0.15, -0.1) is 0 Å². The van der Waals surface area contributed by atoms with Crippen molar-refractivity contribution in [2.24, 2.45) is 0 Å².